The van der Waals surface area contributed by atoms with E-state index in [1.54, 1.807) is 16.7 Å². The summed E-state index contributed by atoms with van der Waals surface area (Å²) in [6, 6.07) is 9.29. The number of unbranched alkanes of at least 4 members (excludes halogenated alkanes) is 4. The van der Waals surface area contributed by atoms with E-state index in [0.29, 0.717) is 19.6 Å². The molecule has 35 heavy (non-hydrogen) atoms. The minimum atomic E-state index is -0.517. The van der Waals surface area contributed by atoms with Gasteiger partial charge in [-0.2, -0.15) is 0 Å². The summed E-state index contributed by atoms with van der Waals surface area (Å²) >= 11 is 1.72. The Labute approximate surface area is 212 Å². The molecule has 2 unspecified atom stereocenters. The van der Waals surface area contributed by atoms with E-state index >= 15 is 0 Å². The van der Waals surface area contributed by atoms with Crippen LogP contribution in [0.1, 0.15) is 63.9 Å². The van der Waals surface area contributed by atoms with Crippen LogP contribution in [0.25, 0.3) is 0 Å². The van der Waals surface area contributed by atoms with Gasteiger partial charge in [0.2, 0.25) is 17.7 Å². The highest BCUT2D eigenvalue weighted by atomic mass is 32.2. The predicted molar refractivity (Wildman–Crippen MR) is 138 cm³/mol. The maximum Gasteiger partial charge on any atom is 0.244 e. The molecule has 8 heteroatoms. The summed E-state index contributed by atoms with van der Waals surface area (Å²) in [4.78, 5) is 42.5. The maximum atomic E-state index is 13.8. The Morgan fingerprint density at radius 3 is 2.60 bits per heavy atom. The summed E-state index contributed by atoms with van der Waals surface area (Å²) in [6.07, 6.45) is 6.92. The van der Waals surface area contributed by atoms with E-state index in [-0.39, 0.29) is 29.6 Å². The van der Waals surface area contributed by atoms with Crippen LogP contribution in [0.3, 0.4) is 0 Å². The lowest BCUT2D eigenvalue weighted by Crippen LogP contribution is -2.54. The second kappa shape index (κ2) is 11.8. The molecule has 5 atom stereocenters. The van der Waals surface area contributed by atoms with E-state index in [9.17, 15) is 14.4 Å². The highest BCUT2D eigenvalue weighted by molar-refractivity contribution is 8.02. The molecular formula is C27H39N3O4S. The first-order chi connectivity index (χ1) is 17.0. The highest BCUT2D eigenvalue weighted by Gasteiger charge is 2.73. The summed E-state index contributed by atoms with van der Waals surface area (Å²) < 4.78 is -0.516. The van der Waals surface area contributed by atoms with Gasteiger partial charge in [-0.15, -0.1) is 11.8 Å². The van der Waals surface area contributed by atoms with Gasteiger partial charge in [-0.25, -0.2) is 0 Å². The molecule has 4 rings (SSSR count). The van der Waals surface area contributed by atoms with Crippen LogP contribution in [0.15, 0.2) is 30.3 Å². The zero-order chi connectivity index (χ0) is 24.8. The summed E-state index contributed by atoms with van der Waals surface area (Å²) in [5, 5.41) is 15.3. The topological polar surface area (TPSA) is 98.7 Å². The monoisotopic (exact) mass is 501 g/mol. The number of hydrogen-bond acceptors (Lipinski definition) is 5. The molecule has 0 aromatic heterocycles. The highest BCUT2D eigenvalue weighted by Crippen LogP contribution is 2.66. The standard InChI is InChI=1S/C27H39N3O4S/c1-2-3-15-28-25(33)23-27-14-13-20(35-27)21(24(32)29-18-19-11-7-6-8-12-19)22(27)26(34)30(23)16-9-4-5-10-17-31/h6-8,11-12,20-23,31H,2-5,9-10,13-18H2,1H3,(H,28,33)(H,29,32)/t20-,21+,22-,23?,27?/m0/s1. The van der Waals surface area contributed by atoms with E-state index < -0.39 is 22.6 Å². The second-order valence-electron chi connectivity index (χ2n) is 10.1. The van der Waals surface area contributed by atoms with Crippen LogP contribution in [0.4, 0.5) is 0 Å². The van der Waals surface area contributed by atoms with Gasteiger partial charge >= 0.3 is 0 Å². The van der Waals surface area contributed by atoms with Crippen LogP contribution in [-0.2, 0) is 20.9 Å². The Morgan fingerprint density at radius 2 is 1.86 bits per heavy atom. The molecule has 3 saturated heterocycles. The lowest BCUT2D eigenvalue weighted by atomic mass is 9.70. The van der Waals surface area contributed by atoms with Crippen molar-refractivity contribution in [2.75, 3.05) is 19.7 Å². The Hall–Kier alpha value is -2.06. The molecule has 192 valence electrons. The molecule has 1 aromatic rings. The van der Waals surface area contributed by atoms with Gasteiger partial charge < -0.3 is 20.6 Å². The molecule has 7 nitrogen and oxygen atoms in total. The number of nitrogens with one attached hydrogen (secondary N) is 2. The number of amides is 3. The van der Waals surface area contributed by atoms with E-state index in [1.165, 1.54) is 0 Å². The second-order valence-corrected chi connectivity index (χ2v) is 11.7. The normalized spacial score (nSPS) is 28.9. The number of likely N-dealkylation sites (tertiary alicyclic amines) is 1. The fourth-order valence-corrected chi connectivity index (χ4v) is 8.35. The number of carbonyl (C=O) groups is 3. The maximum absolute atomic E-state index is 13.8. The number of aliphatic hydroxyl groups is 1. The number of fused-ring (bicyclic) bond motifs is 1. The van der Waals surface area contributed by atoms with E-state index in [0.717, 1.165) is 56.9 Å². The third-order valence-electron chi connectivity index (χ3n) is 7.80. The number of thioether (sulfide) groups is 1. The smallest absolute Gasteiger partial charge is 0.244 e. The molecular weight excluding hydrogens is 462 g/mol. The minimum absolute atomic E-state index is 0.0302. The molecule has 0 radical (unpaired) electrons. The number of rotatable bonds is 13. The van der Waals surface area contributed by atoms with Gasteiger partial charge in [-0.1, -0.05) is 56.5 Å². The lowest BCUT2D eigenvalue weighted by Gasteiger charge is -2.34. The minimum Gasteiger partial charge on any atom is -0.396 e. The summed E-state index contributed by atoms with van der Waals surface area (Å²) in [5.41, 5.74) is 1.03. The van der Waals surface area contributed by atoms with Crippen molar-refractivity contribution in [2.45, 2.75) is 80.9 Å². The van der Waals surface area contributed by atoms with Gasteiger partial charge in [0.1, 0.15) is 6.04 Å². The van der Waals surface area contributed by atoms with Gasteiger partial charge in [0.05, 0.1) is 16.6 Å². The van der Waals surface area contributed by atoms with Crippen LogP contribution < -0.4 is 10.6 Å². The molecule has 1 aromatic carbocycles. The van der Waals surface area contributed by atoms with Crippen LogP contribution in [0, 0.1) is 11.8 Å². The molecule has 1 spiro atoms. The molecule has 3 amide bonds. The third-order valence-corrected chi connectivity index (χ3v) is 9.75. The first-order valence-corrected chi connectivity index (χ1v) is 14.1. The van der Waals surface area contributed by atoms with Crippen LogP contribution >= 0.6 is 11.8 Å². The number of aliphatic hydroxyl groups excluding tert-OH is 1. The average Bonchev–Trinajstić information content (AvgIpc) is 3.50. The van der Waals surface area contributed by atoms with Crippen LogP contribution in [-0.4, -0.2) is 63.5 Å². The molecule has 3 fully saturated rings. The quantitative estimate of drug-likeness (QED) is 0.361. The van der Waals surface area contributed by atoms with Gasteiger partial charge in [-0.3, -0.25) is 14.4 Å². The number of benzene rings is 1. The van der Waals surface area contributed by atoms with Crippen molar-refractivity contribution in [3.63, 3.8) is 0 Å². The first kappa shape index (κ1) is 26.0. The summed E-state index contributed by atoms with van der Waals surface area (Å²) in [6.45, 7) is 3.84. The Balaban J connectivity index is 1.52. The Morgan fingerprint density at radius 1 is 1.09 bits per heavy atom. The fourth-order valence-electron chi connectivity index (χ4n) is 6.13. The average molecular weight is 502 g/mol. The SMILES string of the molecule is CCCCNC(=O)C1N(CCCCCCO)C(=O)[C@@H]2[C@H](C(=O)NCc3ccccc3)[C@@H]3CCC12S3. The molecule has 2 bridgehead atoms. The van der Waals surface area contributed by atoms with Crippen molar-refractivity contribution in [3.05, 3.63) is 35.9 Å². The van der Waals surface area contributed by atoms with Crippen LogP contribution in [0.2, 0.25) is 0 Å². The zero-order valence-electron chi connectivity index (χ0n) is 20.7. The van der Waals surface area contributed by atoms with Crippen molar-refractivity contribution in [1.29, 1.82) is 0 Å². The first-order valence-electron chi connectivity index (χ1n) is 13.2. The fraction of sp³-hybridized carbons (Fsp3) is 0.667. The molecule has 0 saturated carbocycles. The molecule has 3 N–H and O–H groups in total. The van der Waals surface area contributed by atoms with Crippen molar-refractivity contribution in [1.82, 2.24) is 15.5 Å². The Kier molecular flexibility index (Phi) is 8.76. The molecule has 3 heterocycles. The molecule has 3 aliphatic rings. The van der Waals surface area contributed by atoms with E-state index in [1.807, 2.05) is 30.3 Å². The number of hydrogen-bond donors (Lipinski definition) is 3. The third kappa shape index (κ3) is 5.24. The largest absolute Gasteiger partial charge is 0.396 e. The van der Waals surface area contributed by atoms with Gasteiger partial charge in [0.15, 0.2) is 0 Å². The molecule has 0 aliphatic carbocycles. The van der Waals surface area contributed by atoms with E-state index in [2.05, 4.69) is 17.6 Å². The summed E-state index contributed by atoms with van der Waals surface area (Å²) in [7, 11) is 0. The van der Waals surface area contributed by atoms with Gasteiger partial charge in [0, 0.05) is 31.5 Å². The van der Waals surface area contributed by atoms with Crippen LogP contribution in [0.5, 0.6) is 0 Å². The molecule has 3 aliphatic heterocycles. The Bertz CT molecular complexity index is 898. The van der Waals surface area contributed by atoms with Crippen molar-refractivity contribution in [3.8, 4) is 0 Å². The number of nitrogens with zero attached hydrogens (tertiary/aromatic N) is 1. The van der Waals surface area contributed by atoms with Crippen molar-refractivity contribution < 1.29 is 19.5 Å². The van der Waals surface area contributed by atoms with Gasteiger partial charge in [0.25, 0.3) is 0 Å². The lowest BCUT2D eigenvalue weighted by molar-refractivity contribution is -0.140. The van der Waals surface area contributed by atoms with E-state index in [4.69, 9.17) is 5.11 Å². The zero-order valence-corrected chi connectivity index (χ0v) is 21.5. The predicted octanol–water partition coefficient (Wildman–Crippen LogP) is 2.86. The van der Waals surface area contributed by atoms with Crippen molar-refractivity contribution >= 4 is 29.5 Å². The van der Waals surface area contributed by atoms with Crippen molar-refractivity contribution in [2.24, 2.45) is 11.8 Å². The number of carbonyl (C=O) groups excluding carboxylic acids is 3. The summed E-state index contributed by atoms with van der Waals surface area (Å²) in [5.74, 6) is -1.00. The van der Waals surface area contributed by atoms with Gasteiger partial charge in [-0.05, 0) is 37.7 Å².